The van der Waals surface area contributed by atoms with Crippen molar-refractivity contribution in [1.82, 2.24) is 5.32 Å². The van der Waals surface area contributed by atoms with Gasteiger partial charge in [0.15, 0.2) is 0 Å². The summed E-state index contributed by atoms with van der Waals surface area (Å²) in [6, 6.07) is 0.487. The molecule has 0 aromatic rings. The monoisotopic (exact) mass is 174 g/mol. The van der Waals surface area contributed by atoms with Gasteiger partial charge in [-0.15, -0.1) is 0 Å². The van der Waals surface area contributed by atoms with Gasteiger partial charge in [-0.2, -0.15) is 11.8 Å². The summed E-state index contributed by atoms with van der Waals surface area (Å²) in [5.41, 5.74) is 5.49. The maximum Gasteiger partial charge on any atom is 0.0162 e. The molecule has 1 rings (SSSR count). The second kappa shape index (κ2) is 5.01. The first-order valence-electron chi connectivity index (χ1n) is 4.34. The van der Waals surface area contributed by atoms with Crippen LogP contribution in [0.3, 0.4) is 0 Å². The minimum absolute atomic E-state index is 0.487. The Hall–Kier alpha value is 0.270. The maximum atomic E-state index is 5.49. The molecule has 0 bridgehead atoms. The van der Waals surface area contributed by atoms with Crippen LogP contribution >= 0.6 is 11.8 Å². The Morgan fingerprint density at radius 1 is 1.73 bits per heavy atom. The quantitative estimate of drug-likeness (QED) is 0.658. The molecule has 1 aliphatic heterocycles. The zero-order valence-corrected chi connectivity index (χ0v) is 7.99. The molecule has 1 unspecified atom stereocenters. The van der Waals surface area contributed by atoms with Gasteiger partial charge in [0, 0.05) is 12.6 Å². The third-order valence-electron chi connectivity index (χ3n) is 2.13. The van der Waals surface area contributed by atoms with Gasteiger partial charge in [0.05, 0.1) is 0 Å². The van der Waals surface area contributed by atoms with E-state index in [1.807, 2.05) is 0 Å². The lowest BCUT2D eigenvalue weighted by molar-refractivity contribution is 0.472. The third-order valence-corrected chi connectivity index (χ3v) is 3.36. The summed E-state index contributed by atoms with van der Waals surface area (Å²) in [7, 11) is 0. The SMILES string of the molecule is C[C@@H](CN)NCC1CCSC1. The van der Waals surface area contributed by atoms with Gasteiger partial charge < -0.3 is 11.1 Å². The van der Waals surface area contributed by atoms with Gasteiger partial charge in [-0.1, -0.05) is 0 Å². The molecule has 0 aliphatic carbocycles. The van der Waals surface area contributed by atoms with Gasteiger partial charge >= 0.3 is 0 Å². The molecule has 0 aromatic carbocycles. The topological polar surface area (TPSA) is 38.0 Å². The van der Waals surface area contributed by atoms with E-state index in [1.165, 1.54) is 17.9 Å². The first kappa shape index (κ1) is 9.36. The Morgan fingerprint density at radius 2 is 2.55 bits per heavy atom. The van der Waals surface area contributed by atoms with E-state index in [9.17, 15) is 0 Å². The van der Waals surface area contributed by atoms with Crippen LogP contribution < -0.4 is 11.1 Å². The van der Waals surface area contributed by atoms with Crippen LogP contribution in [0.5, 0.6) is 0 Å². The number of hydrogen-bond acceptors (Lipinski definition) is 3. The van der Waals surface area contributed by atoms with Crippen LogP contribution in [0.1, 0.15) is 13.3 Å². The Kier molecular flexibility index (Phi) is 4.26. The lowest BCUT2D eigenvalue weighted by atomic mass is 10.1. The fraction of sp³-hybridized carbons (Fsp3) is 1.00. The van der Waals surface area contributed by atoms with Crippen molar-refractivity contribution in [2.45, 2.75) is 19.4 Å². The molecule has 2 nitrogen and oxygen atoms in total. The smallest absolute Gasteiger partial charge is 0.0162 e. The van der Waals surface area contributed by atoms with E-state index in [0.717, 1.165) is 19.0 Å². The van der Waals surface area contributed by atoms with E-state index in [0.29, 0.717) is 6.04 Å². The highest BCUT2D eigenvalue weighted by Gasteiger charge is 2.15. The average molecular weight is 174 g/mol. The molecule has 1 heterocycles. The van der Waals surface area contributed by atoms with Crippen molar-refractivity contribution in [1.29, 1.82) is 0 Å². The highest BCUT2D eigenvalue weighted by molar-refractivity contribution is 7.99. The number of nitrogens with two attached hydrogens (primary N) is 1. The van der Waals surface area contributed by atoms with Crippen LogP contribution in [0.15, 0.2) is 0 Å². The summed E-state index contributed by atoms with van der Waals surface area (Å²) in [6.07, 6.45) is 1.38. The van der Waals surface area contributed by atoms with Crippen LogP contribution in [-0.4, -0.2) is 30.6 Å². The largest absolute Gasteiger partial charge is 0.329 e. The molecule has 0 aromatic heterocycles. The normalized spacial score (nSPS) is 27.3. The van der Waals surface area contributed by atoms with Gasteiger partial charge in [0.25, 0.3) is 0 Å². The molecule has 1 aliphatic rings. The standard InChI is InChI=1S/C8H18N2S/c1-7(4-9)10-5-8-2-3-11-6-8/h7-8,10H,2-6,9H2,1H3/t7-,8?/m0/s1. The fourth-order valence-corrected chi connectivity index (χ4v) is 2.48. The lowest BCUT2D eigenvalue weighted by Gasteiger charge is -2.14. The molecule has 1 saturated heterocycles. The zero-order valence-electron chi connectivity index (χ0n) is 7.18. The van der Waals surface area contributed by atoms with Crippen molar-refractivity contribution in [3.8, 4) is 0 Å². The Morgan fingerprint density at radius 3 is 3.09 bits per heavy atom. The van der Waals surface area contributed by atoms with Gasteiger partial charge in [0.2, 0.25) is 0 Å². The van der Waals surface area contributed by atoms with E-state index in [2.05, 4.69) is 24.0 Å². The summed E-state index contributed by atoms with van der Waals surface area (Å²) < 4.78 is 0. The maximum absolute atomic E-state index is 5.49. The molecular weight excluding hydrogens is 156 g/mol. The first-order chi connectivity index (χ1) is 5.33. The van der Waals surface area contributed by atoms with Crippen molar-refractivity contribution < 1.29 is 0 Å². The molecule has 3 N–H and O–H groups in total. The van der Waals surface area contributed by atoms with Crippen LogP contribution in [0.25, 0.3) is 0 Å². The number of thioether (sulfide) groups is 1. The Balaban J connectivity index is 2.01. The van der Waals surface area contributed by atoms with Crippen LogP contribution in [0, 0.1) is 5.92 Å². The van der Waals surface area contributed by atoms with Gasteiger partial charge in [-0.05, 0) is 37.3 Å². The molecule has 2 atom stereocenters. The highest BCUT2D eigenvalue weighted by Crippen LogP contribution is 2.22. The third kappa shape index (κ3) is 3.45. The summed E-state index contributed by atoms with van der Waals surface area (Å²) >= 11 is 2.07. The summed E-state index contributed by atoms with van der Waals surface area (Å²) in [4.78, 5) is 0. The van der Waals surface area contributed by atoms with Crippen molar-refractivity contribution in [3.05, 3.63) is 0 Å². The van der Waals surface area contributed by atoms with E-state index < -0.39 is 0 Å². The summed E-state index contributed by atoms with van der Waals surface area (Å²) in [5.74, 6) is 3.59. The molecule has 0 amide bonds. The van der Waals surface area contributed by atoms with Gasteiger partial charge in [-0.3, -0.25) is 0 Å². The Labute approximate surface area is 73.3 Å². The van der Waals surface area contributed by atoms with Crippen molar-refractivity contribution in [2.24, 2.45) is 11.7 Å². The fourth-order valence-electron chi connectivity index (χ4n) is 1.20. The zero-order chi connectivity index (χ0) is 8.10. The first-order valence-corrected chi connectivity index (χ1v) is 5.49. The highest BCUT2D eigenvalue weighted by atomic mass is 32.2. The van der Waals surface area contributed by atoms with Crippen molar-refractivity contribution >= 4 is 11.8 Å². The number of nitrogens with one attached hydrogen (secondary N) is 1. The molecule has 0 saturated carbocycles. The number of hydrogen-bond donors (Lipinski definition) is 2. The van der Waals surface area contributed by atoms with Gasteiger partial charge in [0.1, 0.15) is 0 Å². The van der Waals surface area contributed by atoms with E-state index in [1.54, 1.807) is 0 Å². The second-order valence-electron chi connectivity index (χ2n) is 3.27. The van der Waals surface area contributed by atoms with Crippen LogP contribution in [0.2, 0.25) is 0 Å². The average Bonchev–Trinajstić information content (AvgIpc) is 2.52. The molecule has 3 heteroatoms. The van der Waals surface area contributed by atoms with Crippen LogP contribution in [-0.2, 0) is 0 Å². The minimum atomic E-state index is 0.487. The summed E-state index contributed by atoms with van der Waals surface area (Å²) in [6.45, 7) is 4.05. The molecule has 1 fully saturated rings. The predicted molar refractivity (Wildman–Crippen MR) is 52.0 cm³/mol. The molecule has 0 radical (unpaired) electrons. The van der Waals surface area contributed by atoms with Crippen LogP contribution in [0.4, 0.5) is 0 Å². The van der Waals surface area contributed by atoms with E-state index in [4.69, 9.17) is 5.73 Å². The minimum Gasteiger partial charge on any atom is -0.329 e. The van der Waals surface area contributed by atoms with Crippen molar-refractivity contribution in [3.63, 3.8) is 0 Å². The predicted octanol–water partition coefficient (Wildman–Crippen LogP) is 0.676. The lowest BCUT2D eigenvalue weighted by Crippen LogP contribution is -2.36. The molecule has 0 spiro atoms. The molecule has 66 valence electrons. The molecular formula is C8H18N2S. The summed E-state index contributed by atoms with van der Waals surface area (Å²) in [5, 5.41) is 3.44. The van der Waals surface area contributed by atoms with E-state index in [-0.39, 0.29) is 0 Å². The molecule has 11 heavy (non-hydrogen) atoms. The second-order valence-corrected chi connectivity index (χ2v) is 4.42. The Bertz CT molecular complexity index is 102. The van der Waals surface area contributed by atoms with E-state index >= 15 is 0 Å². The number of rotatable bonds is 4. The van der Waals surface area contributed by atoms with Crippen molar-refractivity contribution in [2.75, 3.05) is 24.6 Å². The van der Waals surface area contributed by atoms with Gasteiger partial charge in [-0.25, -0.2) is 0 Å².